The fourth-order valence-electron chi connectivity index (χ4n) is 1.97. The Balaban J connectivity index is 1.89. The number of aryl methyl sites for hydroxylation is 2. The lowest BCUT2D eigenvalue weighted by Gasteiger charge is -2.14. The van der Waals surface area contributed by atoms with Crippen LogP contribution < -0.4 is 5.32 Å². The summed E-state index contributed by atoms with van der Waals surface area (Å²) in [6.07, 6.45) is 2.96. The maximum Gasteiger partial charge on any atom is 0.0640 e. The van der Waals surface area contributed by atoms with Gasteiger partial charge in [0.2, 0.25) is 0 Å². The molecular formula is C15H21N3S. The van der Waals surface area contributed by atoms with Gasteiger partial charge in [-0.15, -0.1) is 11.8 Å². The fourth-order valence-corrected chi connectivity index (χ4v) is 3.09. The Morgan fingerprint density at radius 3 is 2.84 bits per heavy atom. The Labute approximate surface area is 119 Å². The van der Waals surface area contributed by atoms with Crippen molar-refractivity contribution in [3.63, 3.8) is 0 Å². The highest BCUT2D eigenvalue weighted by atomic mass is 32.2. The van der Waals surface area contributed by atoms with Gasteiger partial charge in [0, 0.05) is 36.4 Å². The highest BCUT2D eigenvalue weighted by molar-refractivity contribution is 7.99. The smallest absolute Gasteiger partial charge is 0.0640 e. The van der Waals surface area contributed by atoms with Crippen molar-refractivity contribution in [2.24, 2.45) is 7.05 Å². The fraction of sp³-hybridized carbons (Fsp3) is 0.400. The summed E-state index contributed by atoms with van der Waals surface area (Å²) in [7, 11) is 3.98. The molecule has 0 bridgehead atoms. The molecule has 0 saturated heterocycles. The molecule has 0 spiro atoms. The van der Waals surface area contributed by atoms with Gasteiger partial charge >= 0.3 is 0 Å². The zero-order valence-electron chi connectivity index (χ0n) is 11.8. The Kier molecular flexibility index (Phi) is 5.05. The lowest BCUT2D eigenvalue weighted by atomic mass is 10.2. The zero-order chi connectivity index (χ0) is 13.7. The number of nitrogens with one attached hydrogen (secondary N) is 1. The van der Waals surface area contributed by atoms with Gasteiger partial charge in [-0.25, -0.2) is 0 Å². The van der Waals surface area contributed by atoms with Crippen LogP contribution in [0.2, 0.25) is 0 Å². The lowest BCUT2D eigenvalue weighted by Crippen LogP contribution is -2.30. The molecule has 1 heterocycles. The third kappa shape index (κ3) is 4.40. The number of aromatic nitrogens is 2. The minimum absolute atomic E-state index is 0.445. The van der Waals surface area contributed by atoms with Crippen molar-refractivity contribution < 1.29 is 0 Å². The quantitative estimate of drug-likeness (QED) is 0.822. The summed E-state index contributed by atoms with van der Waals surface area (Å²) in [6.45, 7) is 2.13. The molecule has 0 aliphatic rings. The van der Waals surface area contributed by atoms with Crippen molar-refractivity contribution in [3.8, 4) is 0 Å². The number of benzene rings is 1. The molecule has 1 unspecified atom stereocenters. The van der Waals surface area contributed by atoms with E-state index in [1.54, 1.807) is 0 Å². The number of hydrogen-bond acceptors (Lipinski definition) is 3. The number of nitrogens with zero attached hydrogens (tertiary/aromatic N) is 2. The molecule has 1 aromatic carbocycles. The van der Waals surface area contributed by atoms with Crippen molar-refractivity contribution in [1.29, 1.82) is 0 Å². The van der Waals surface area contributed by atoms with E-state index in [-0.39, 0.29) is 0 Å². The lowest BCUT2D eigenvalue weighted by molar-refractivity contribution is 0.600. The van der Waals surface area contributed by atoms with E-state index < -0.39 is 0 Å². The van der Waals surface area contributed by atoms with E-state index in [0.717, 1.165) is 17.9 Å². The van der Waals surface area contributed by atoms with Crippen LogP contribution in [0.4, 0.5) is 0 Å². The SMILES string of the molecule is CNC(CSc1cccc(C)c1)Cc1ccn(C)n1. The molecule has 0 fully saturated rings. The second-order valence-corrected chi connectivity index (χ2v) is 5.89. The van der Waals surface area contributed by atoms with Gasteiger partial charge in [-0.2, -0.15) is 5.10 Å². The molecular weight excluding hydrogens is 254 g/mol. The average Bonchev–Trinajstić information content (AvgIpc) is 2.80. The van der Waals surface area contributed by atoms with Crippen LogP contribution in [0, 0.1) is 6.92 Å². The number of hydrogen-bond donors (Lipinski definition) is 1. The van der Waals surface area contributed by atoms with Crippen LogP contribution in [0.1, 0.15) is 11.3 Å². The summed E-state index contributed by atoms with van der Waals surface area (Å²) < 4.78 is 1.86. The molecule has 19 heavy (non-hydrogen) atoms. The maximum atomic E-state index is 4.43. The van der Waals surface area contributed by atoms with Crippen LogP contribution in [0.15, 0.2) is 41.4 Å². The molecule has 1 aromatic heterocycles. The molecule has 3 nitrogen and oxygen atoms in total. The van der Waals surface area contributed by atoms with E-state index in [1.165, 1.54) is 10.5 Å². The van der Waals surface area contributed by atoms with E-state index >= 15 is 0 Å². The highest BCUT2D eigenvalue weighted by Crippen LogP contribution is 2.20. The Hall–Kier alpha value is -1.26. The third-order valence-corrected chi connectivity index (χ3v) is 4.23. The largest absolute Gasteiger partial charge is 0.316 e. The molecule has 0 aliphatic carbocycles. The molecule has 0 radical (unpaired) electrons. The normalized spacial score (nSPS) is 12.6. The summed E-state index contributed by atoms with van der Waals surface area (Å²) in [5.74, 6) is 1.05. The summed E-state index contributed by atoms with van der Waals surface area (Å²) in [5, 5.41) is 7.81. The second-order valence-electron chi connectivity index (χ2n) is 4.80. The molecule has 0 amide bonds. The van der Waals surface area contributed by atoms with Crippen LogP contribution in [-0.2, 0) is 13.5 Å². The second kappa shape index (κ2) is 6.78. The van der Waals surface area contributed by atoms with E-state index in [2.05, 4.69) is 47.7 Å². The first-order valence-corrected chi connectivity index (χ1v) is 7.51. The molecule has 0 aliphatic heterocycles. The van der Waals surface area contributed by atoms with Gasteiger partial charge in [0.1, 0.15) is 0 Å². The molecule has 0 saturated carbocycles. The van der Waals surface area contributed by atoms with Crippen LogP contribution in [0.3, 0.4) is 0 Å². The molecule has 2 aromatic rings. The van der Waals surface area contributed by atoms with Gasteiger partial charge in [0.05, 0.1) is 5.69 Å². The first-order chi connectivity index (χ1) is 9.17. The molecule has 1 atom stereocenters. The monoisotopic (exact) mass is 275 g/mol. The standard InChI is InChI=1S/C15H21N3S/c1-12-5-4-6-15(9-12)19-11-14(16-2)10-13-7-8-18(3)17-13/h4-9,14,16H,10-11H2,1-3H3. The van der Waals surface area contributed by atoms with Crippen molar-refractivity contribution in [3.05, 3.63) is 47.8 Å². The summed E-state index contributed by atoms with van der Waals surface area (Å²) in [6, 6.07) is 11.2. The van der Waals surface area contributed by atoms with E-state index in [0.29, 0.717) is 6.04 Å². The minimum atomic E-state index is 0.445. The van der Waals surface area contributed by atoms with Crippen molar-refractivity contribution in [2.45, 2.75) is 24.3 Å². The number of thioether (sulfide) groups is 1. The Morgan fingerprint density at radius 2 is 2.21 bits per heavy atom. The molecule has 4 heteroatoms. The first kappa shape index (κ1) is 14.2. The first-order valence-electron chi connectivity index (χ1n) is 6.52. The van der Waals surface area contributed by atoms with Crippen LogP contribution >= 0.6 is 11.8 Å². The Bertz CT molecular complexity index is 522. The van der Waals surface area contributed by atoms with Crippen molar-refractivity contribution in [1.82, 2.24) is 15.1 Å². The number of likely N-dealkylation sites (N-methyl/N-ethyl adjacent to an activating group) is 1. The van der Waals surface area contributed by atoms with Gasteiger partial charge in [0.15, 0.2) is 0 Å². The highest BCUT2D eigenvalue weighted by Gasteiger charge is 2.09. The van der Waals surface area contributed by atoms with Gasteiger partial charge in [-0.1, -0.05) is 17.7 Å². The van der Waals surface area contributed by atoms with Crippen molar-refractivity contribution >= 4 is 11.8 Å². The molecule has 102 valence electrons. The van der Waals surface area contributed by atoms with E-state index in [1.807, 2.05) is 36.7 Å². The average molecular weight is 275 g/mol. The van der Waals surface area contributed by atoms with Gasteiger partial charge < -0.3 is 5.32 Å². The topological polar surface area (TPSA) is 29.9 Å². The predicted molar refractivity (Wildman–Crippen MR) is 81.7 cm³/mol. The van der Waals surface area contributed by atoms with E-state index in [4.69, 9.17) is 0 Å². The predicted octanol–water partition coefficient (Wildman–Crippen LogP) is 2.65. The molecule has 2 rings (SSSR count). The van der Waals surface area contributed by atoms with Gasteiger partial charge in [0.25, 0.3) is 0 Å². The summed E-state index contributed by atoms with van der Waals surface area (Å²) in [4.78, 5) is 1.33. The van der Waals surface area contributed by atoms with Crippen LogP contribution in [0.25, 0.3) is 0 Å². The van der Waals surface area contributed by atoms with Gasteiger partial charge in [-0.05, 0) is 32.2 Å². The summed E-state index contributed by atoms with van der Waals surface area (Å²) in [5.41, 5.74) is 2.46. The minimum Gasteiger partial charge on any atom is -0.316 e. The number of rotatable bonds is 6. The van der Waals surface area contributed by atoms with E-state index in [9.17, 15) is 0 Å². The van der Waals surface area contributed by atoms with Gasteiger partial charge in [-0.3, -0.25) is 4.68 Å². The molecule has 1 N–H and O–H groups in total. The van der Waals surface area contributed by atoms with Crippen LogP contribution in [0.5, 0.6) is 0 Å². The third-order valence-electron chi connectivity index (χ3n) is 3.07. The van der Waals surface area contributed by atoms with Crippen molar-refractivity contribution in [2.75, 3.05) is 12.8 Å². The maximum absolute atomic E-state index is 4.43. The summed E-state index contributed by atoms with van der Waals surface area (Å²) >= 11 is 1.90. The van der Waals surface area contributed by atoms with Crippen LogP contribution in [-0.4, -0.2) is 28.6 Å². The Morgan fingerprint density at radius 1 is 1.37 bits per heavy atom. The zero-order valence-corrected chi connectivity index (χ0v) is 12.6.